The predicted octanol–water partition coefficient (Wildman–Crippen LogP) is 2.55. The second kappa shape index (κ2) is 6.19. The van der Waals surface area contributed by atoms with Crippen LogP contribution in [0.15, 0.2) is 16.7 Å². The zero-order valence-corrected chi connectivity index (χ0v) is 11.2. The molecule has 1 unspecified atom stereocenters. The van der Waals surface area contributed by atoms with Crippen molar-refractivity contribution in [2.75, 3.05) is 7.11 Å². The minimum absolute atomic E-state index is 0.120. The van der Waals surface area contributed by atoms with Crippen LogP contribution < -0.4 is 11.3 Å². The number of rotatable bonds is 7. The van der Waals surface area contributed by atoms with Crippen LogP contribution in [0.2, 0.25) is 0 Å². The molecule has 0 saturated heterocycles. The molecule has 0 fully saturated rings. The SMILES string of the molecule is CCc1occc1C(CCC(C)(C)OC)NN. The van der Waals surface area contributed by atoms with Gasteiger partial charge in [-0.05, 0) is 32.8 Å². The molecular formula is C13H24N2O2. The van der Waals surface area contributed by atoms with Crippen LogP contribution >= 0.6 is 0 Å². The highest BCUT2D eigenvalue weighted by atomic mass is 16.5. The molecule has 98 valence electrons. The summed E-state index contributed by atoms with van der Waals surface area (Å²) in [5.41, 5.74) is 3.90. The quantitative estimate of drug-likeness (QED) is 0.568. The van der Waals surface area contributed by atoms with Gasteiger partial charge in [-0.15, -0.1) is 0 Å². The molecule has 0 aliphatic heterocycles. The summed E-state index contributed by atoms with van der Waals surface area (Å²) >= 11 is 0. The minimum Gasteiger partial charge on any atom is -0.469 e. The van der Waals surface area contributed by atoms with Gasteiger partial charge < -0.3 is 9.15 Å². The average Bonchev–Trinajstić information content (AvgIpc) is 2.78. The highest BCUT2D eigenvalue weighted by molar-refractivity contribution is 5.21. The van der Waals surface area contributed by atoms with Crippen molar-refractivity contribution in [3.8, 4) is 0 Å². The van der Waals surface area contributed by atoms with Crippen molar-refractivity contribution in [2.45, 2.75) is 51.7 Å². The number of methoxy groups -OCH3 is 1. The third kappa shape index (κ3) is 3.84. The smallest absolute Gasteiger partial charge is 0.108 e. The van der Waals surface area contributed by atoms with Crippen LogP contribution in [0.5, 0.6) is 0 Å². The molecule has 3 N–H and O–H groups in total. The van der Waals surface area contributed by atoms with Crippen molar-refractivity contribution < 1.29 is 9.15 Å². The number of nitrogens with two attached hydrogens (primary N) is 1. The van der Waals surface area contributed by atoms with Crippen LogP contribution in [0, 0.1) is 0 Å². The van der Waals surface area contributed by atoms with E-state index in [4.69, 9.17) is 15.0 Å². The first-order valence-corrected chi connectivity index (χ1v) is 6.11. The van der Waals surface area contributed by atoms with Crippen molar-refractivity contribution >= 4 is 0 Å². The van der Waals surface area contributed by atoms with Gasteiger partial charge in [0, 0.05) is 25.1 Å². The predicted molar refractivity (Wildman–Crippen MR) is 68.5 cm³/mol. The number of aryl methyl sites for hydroxylation is 1. The zero-order chi connectivity index (χ0) is 12.9. The summed E-state index contributed by atoms with van der Waals surface area (Å²) in [6.07, 6.45) is 4.46. The molecule has 0 radical (unpaired) electrons. The van der Waals surface area contributed by atoms with E-state index in [1.54, 1.807) is 13.4 Å². The topological polar surface area (TPSA) is 60.4 Å². The fourth-order valence-electron chi connectivity index (χ4n) is 1.87. The summed E-state index contributed by atoms with van der Waals surface area (Å²) in [5.74, 6) is 6.63. The van der Waals surface area contributed by atoms with E-state index in [0.717, 1.165) is 30.6 Å². The Balaban J connectivity index is 2.66. The van der Waals surface area contributed by atoms with Crippen LogP contribution in [-0.4, -0.2) is 12.7 Å². The molecule has 4 heteroatoms. The van der Waals surface area contributed by atoms with Crippen molar-refractivity contribution in [1.82, 2.24) is 5.43 Å². The Labute approximate surface area is 103 Å². The van der Waals surface area contributed by atoms with E-state index in [1.165, 1.54) is 0 Å². The summed E-state index contributed by atoms with van der Waals surface area (Å²) in [7, 11) is 1.74. The van der Waals surface area contributed by atoms with Gasteiger partial charge in [-0.2, -0.15) is 0 Å². The van der Waals surface area contributed by atoms with E-state index < -0.39 is 0 Å². The molecule has 1 atom stereocenters. The monoisotopic (exact) mass is 240 g/mol. The molecule has 1 aromatic heterocycles. The Morgan fingerprint density at radius 3 is 2.76 bits per heavy atom. The summed E-state index contributed by atoms with van der Waals surface area (Å²) in [5, 5.41) is 0. The Morgan fingerprint density at radius 1 is 1.53 bits per heavy atom. The normalized spacial score (nSPS) is 13.9. The van der Waals surface area contributed by atoms with E-state index >= 15 is 0 Å². The van der Waals surface area contributed by atoms with E-state index in [9.17, 15) is 0 Å². The molecule has 0 bridgehead atoms. The van der Waals surface area contributed by atoms with E-state index in [-0.39, 0.29) is 11.6 Å². The maximum Gasteiger partial charge on any atom is 0.108 e. The molecule has 1 heterocycles. The standard InChI is InChI=1S/C13H24N2O2/c1-5-12-10(7-9-17-12)11(15-14)6-8-13(2,3)16-4/h7,9,11,15H,5-6,8,14H2,1-4H3. The lowest BCUT2D eigenvalue weighted by Gasteiger charge is -2.25. The van der Waals surface area contributed by atoms with Crippen molar-refractivity contribution in [2.24, 2.45) is 5.84 Å². The van der Waals surface area contributed by atoms with Crippen molar-refractivity contribution in [3.63, 3.8) is 0 Å². The first kappa shape index (κ1) is 14.2. The van der Waals surface area contributed by atoms with Gasteiger partial charge in [0.25, 0.3) is 0 Å². The lowest BCUT2D eigenvalue weighted by atomic mass is 9.95. The van der Waals surface area contributed by atoms with Crippen LogP contribution in [0.25, 0.3) is 0 Å². The number of hydrogen-bond acceptors (Lipinski definition) is 4. The Hall–Kier alpha value is -0.840. The Bertz CT molecular complexity index is 334. The molecule has 0 amide bonds. The molecule has 0 saturated carbocycles. The number of ether oxygens (including phenoxy) is 1. The summed E-state index contributed by atoms with van der Waals surface area (Å²) in [6.45, 7) is 6.24. The van der Waals surface area contributed by atoms with Crippen LogP contribution in [0.1, 0.15) is 51.0 Å². The first-order valence-electron chi connectivity index (χ1n) is 6.11. The fraction of sp³-hybridized carbons (Fsp3) is 0.692. The maximum atomic E-state index is 5.63. The fourth-order valence-corrected chi connectivity index (χ4v) is 1.87. The number of nitrogens with one attached hydrogen (secondary N) is 1. The molecule has 1 rings (SSSR count). The average molecular weight is 240 g/mol. The summed E-state index contributed by atoms with van der Waals surface area (Å²) in [4.78, 5) is 0. The molecule has 0 aliphatic rings. The zero-order valence-electron chi connectivity index (χ0n) is 11.2. The van der Waals surface area contributed by atoms with E-state index in [0.29, 0.717) is 0 Å². The second-order valence-electron chi connectivity index (χ2n) is 4.87. The van der Waals surface area contributed by atoms with Gasteiger partial charge in [0.05, 0.1) is 11.9 Å². The van der Waals surface area contributed by atoms with Gasteiger partial charge in [0.1, 0.15) is 5.76 Å². The van der Waals surface area contributed by atoms with Crippen molar-refractivity contribution in [3.05, 3.63) is 23.7 Å². The molecular weight excluding hydrogens is 216 g/mol. The number of furan rings is 1. The summed E-state index contributed by atoms with van der Waals surface area (Å²) < 4.78 is 10.8. The Morgan fingerprint density at radius 2 is 2.24 bits per heavy atom. The third-order valence-electron chi connectivity index (χ3n) is 3.27. The number of hydrogen-bond donors (Lipinski definition) is 2. The molecule has 4 nitrogen and oxygen atoms in total. The van der Waals surface area contributed by atoms with Gasteiger partial charge in [0.2, 0.25) is 0 Å². The minimum atomic E-state index is -0.120. The first-order chi connectivity index (χ1) is 8.04. The van der Waals surface area contributed by atoms with Gasteiger partial charge in [-0.1, -0.05) is 6.92 Å². The molecule has 0 spiro atoms. The highest BCUT2D eigenvalue weighted by Gasteiger charge is 2.21. The molecule has 17 heavy (non-hydrogen) atoms. The van der Waals surface area contributed by atoms with Crippen LogP contribution in [0.3, 0.4) is 0 Å². The number of hydrazine groups is 1. The Kier molecular flexibility index (Phi) is 5.18. The van der Waals surface area contributed by atoms with E-state index in [2.05, 4.69) is 26.2 Å². The molecule has 1 aromatic rings. The second-order valence-corrected chi connectivity index (χ2v) is 4.87. The van der Waals surface area contributed by atoms with Gasteiger partial charge in [0.15, 0.2) is 0 Å². The van der Waals surface area contributed by atoms with E-state index in [1.807, 2.05) is 6.07 Å². The largest absolute Gasteiger partial charge is 0.469 e. The van der Waals surface area contributed by atoms with Gasteiger partial charge >= 0.3 is 0 Å². The lowest BCUT2D eigenvalue weighted by Crippen LogP contribution is -2.31. The molecule has 0 aliphatic carbocycles. The van der Waals surface area contributed by atoms with Crippen LogP contribution in [-0.2, 0) is 11.2 Å². The molecule has 0 aromatic carbocycles. The van der Waals surface area contributed by atoms with Crippen LogP contribution in [0.4, 0.5) is 0 Å². The third-order valence-corrected chi connectivity index (χ3v) is 3.27. The lowest BCUT2D eigenvalue weighted by molar-refractivity contribution is 0.0116. The highest BCUT2D eigenvalue weighted by Crippen LogP contribution is 2.27. The van der Waals surface area contributed by atoms with Gasteiger partial charge in [-0.25, -0.2) is 0 Å². The summed E-state index contributed by atoms with van der Waals surface area (Å²) in [6, 6.07) is 2.11. The maximum absolute atomic E-state index is 5.63. The van der Waals surface area contributed by atoms with Crippen molar-refractivity contribution in [1.29, 1.82) is 0 Å². The van der Waals surface area contributed by atoms with Gasteiger partial charge in [-0.3, -0.25) is 11.3 Å².